The largest absolute Gasteiger partial charge is 0.372 e. The average Bonchev–Trinajstić information content (AvgIpc) is 2.46. The molecule has 1 heterocycles. The van der Waals surface area contributed by atoms with Crippen LogP contribution in [0.5, 0.6) is 0 Å². The maximum absolute atomic E-state index is 11.8. The first-order valence-electron chi connectivity index (χ1n) is 6.87. The molecular weight excluding hydrogens is 222 g/mol. The molecule has 0 aromatic heterocycles. The molecule has 1 aromatic rings. The van der Waals surface area contributed by atoms with Crippen molar-refractivity contribution in [3.05, 3.63) is 42.0 Å². The SMILES string of the molecule is CC/C=C/C(=O)c1ccc(N2CCCCC2)cc1. The third-order valence-electron chi connectivity index (χ3n) is 3.38. The maximum Gasteiger partial charge on any atom is 0.185 e. The van der Waals surface area contributed by atoms with Crippen LogP contribution >= 0.6 is 0 Å². The predicted molar refractivity (Wildman–Crippen MR) is 76.3 cm³/mol. The lowest BCUT2D eigenvalue weighted by atomic mass is 10.1. The second-order valence-corrected chi connectivity index (χ2v) is 4.77. The van der Waals surface area contributed by atoms with E-state index in [0.717, 1.165) is 25.1 Å². The second kappa shape index (κ2) is 6.39. The molecule has 0 unspecified atom stereocenters. The molecule has 1 aliphatic rings. The molecule has 1 aliphatic heterocycles. The molecule has 2 rings (SSSR count). The van der Waals surface area contributed by atoms with E-state index in [9.17, 15) is 4.79 Å². The van der Waals surface area contributed by atoms with Gasteiger partial charge in [0.25, 0.3) is 0 Å². The van der Waals surface area contributed by atoms with Crippen LogP contribution in [0.4, 0.5) is 5.69 Å². The number of hydrogen-bond donors (Lipinski definition) is 0. The standard InChI is InChI=1S/C16H21NO/c1-2-3-7-16(18)14-8-10-15(11-9-14)17-12-5-4-6-13-17/h3,7-11H,2,4-6,12-13H2,1H3/b7-3+. The van der Waals surface area contributed by atoms with Gasteiger partial charge in [0.05, 0.1) is 0 Å². The van der Waals surface area contributed by atoms with Crippen molar-refractivity contribution in [3.63, 3.8) is 0 Å². The number of hydrogen-bond acceptors (Lipinski definition) is 2. The molecule has 18 heavy (non-hydrogen) atoms. The van der Waals surface area contributed by atoms with Crippen molar-refractivity contribution in [2.24, 2.45) is 0 Å². The Morgan fingerprint density at radius 2 is 1.83 bits per heavy atom. The lowest BCUT2D eigenvalue weighted by Gasteiger charge is -2.28. The molecule has 0 atom stereocenters. The van der Waals surface area contributed by atoms with Gasteiger partial charge in [0.15, 0.2) is 5.78 Å². The number of anilines is 1. The zero-order valence-electron chi connectivity index (χ0n) is 11.1. The first-order chi connectivity index (χ1) is 8.81. The zero-order valence-corrected chi connectivity index (χ0v) is 11.1. The summed E-state index contributed by atoms with van der Waals surface area (Å²) in [5.74, 6) is 0.0991. The third kappa shape index (κ3) is 3.22. The number of carbonyl (C=O) groups excluding carboxylic acids is 1. The van der Waals surface area contributed by atoms with Crippen LogP contribution < -0.4 is 4.90 Å². The Labute approximate surface area is 109 Å². The van der Waals surface area contributed by atoms with Gasteiger partial charge >= 0.3 is 0 Å². The highest BCUT2D eigenvalue weighted by Gasteiger charge is 2.11. The summed E-state index contributed by atoms with van der Waals surface area (Å²) in [7, 11) is 0. The van der Waals surface area contributed by atoms with Gasteiger partial charge in [-0.2, -0.15) is 0 Å². The van der Waals surface area contributed by atoms with Crippen molar-refractivity contribution < 1.29 is 4.79 Å². The molecule has 2 heteroatoms. The molecule has 96 valence electrons. The average molecular weight is 243 g/mol. The van der Waals surface area contributed by atoms with E-state index in [1.165, 1.54) is 24.9 Å². The number of benzene rings is 1. The van der Waals surface area contributed by atoms with E-state index in [-0.39, 0.29) is 5.78 Å². The molecule has 1 fully saturated rings. The van der Waals surface area contributed by atoms with Crippen LogP contribution in [-0.4, -0.2) is 18.9 Å². The summed E-state index contributed by atoms with van der Waals surface area (Å²) in [4.78, 5) is 14.2. The highest BCUT2D eigenvalue weighted by molar-refractivity contribution is 6.04. The van der Waals surface area contributed by atoms with Crippen LogP contribution in [0.2, 0.25) is 0 Å². The van der Waals surface area contributed by atoms with E-state index < -0.39 is 0 Å². The summed E-state index contributed by atoms with van der Waals surface area (Å²) < 4.78 is 0. The first kappa shape index (κ1) is 12.9. The van der Waals surface area contributed by atoms with Crippen LogP contribution in [0.3, 0.4) is 0 Å². The summed E-state index contributed by atoms with van der Waals surface area (Å²) in [6.45, 7) is 4.31. The highest BCUT2D eigenvalue weighted by atomic mass is 16.1. The number of allylic oxidation sites excluding steroid dienone is 2. The highest BCUT2D eigenvalue weighted by Crippen LogP contribution is 2.20. The van der Waals surface area contributed by atoms with Gasteiger partial charge in [-0.15, -0.1) is 0 Å². The fraction of sp³-hybridized carbons (Fsp3) is 0.438. The van der Waals surface area contributed by atoms with E-state index in [1.807, 2.05) is 25.1 Å². The Morgan fingerprint density at radius 1 is 1.17 bits per heavy atom. The van der Waals surface area contributed by atoms with Gasteiger partial charge < -0.3 is 4.90 Å². The smallest absolute Gasteiger partial charge is 0.185 e. The minimum Gasteiger partial charge on any atom is -0.372 e. The van der Waals surface area contributed by atoms with Crippen molar-refractivity contribution in [1.29, 1.82) is 0 Å². The lowest BCUT2D eigenvalue weighted by molar-refractivity contribution is 0.104. The second-order valence-electron chi connectivity index (χ2n) is 4.77. The molecule has 1 saturated heterocycles. The maximum atomic E-state index is 11.8. The fourth-order valence-electron chi connectivity index (χ4n) is 2.31. The number of nitrogens with zero attached hydrogens (tertiary/aromatic N) is 1. The number of rotatable bonds is 4. The molecule has 0 amide bonds. The Morgan fingerprint density at radius 3 is 2.44 bits per heavy atom. The van der Waals surface area contributed by atoms with E-state index in [1.54, 1.807) is 6.08 Å². The summed E-state index contributed by atoms with van der Waals surface area (Å²) in [5.41, 5.74) is 2.02. The van der Waals surface area contributed by atoms with Gasteiger partial charge in [-0.1, -0.05) is 13.0 Å². The van der Waals surface area contributed by atoms with Crippen molar-refractivity contribution in [2.75, 3.05) is 18.0 Å². The van der Waals surface area contributed by atoms with Gasteiger partial charge in [0, 0.05) is 24.3 Å². The predicted octanol–water partition coefficient (Wildman–Crippen LogP) is 3.83. The normalized spacial score (nSPS) is 16.2. The van der Waals surface area contributed by atoms with Gasteiger partial charge in [0.2, 0.25) is 0 Å². The summed E-state index contributed by atoms with van der Waals surface area (Å²) >= 11 is 0. The van der Waals surface area contributed by atoms with Gasteiger partial charge in [-0.05, 0) is 56.0 Å². The number of piperidine rings is 1. The van der Waals surface area contributed by atoms with Crippen molar-refractivity contribution in [2.45, 2.75) is 32.6 Å². The lowest BCUT2D eigenvalue weighted by Crippen LogP contribution is -2.29. The van der Waals surface area contributed by atoms with Crippen LogP contribution in [0.15, 0.2) is 36.4 Å². The molecule has 0 aliphatic carbocycles. The third-order valence-corrected chi connectivity index (χ3v) is 3.38. The monoisotopic (exact) mass is 243 g/mol. The number of carbonyl (C=O) groups is 1. The quantitative estimate of drug-likeness (QED) is 0.592. The Balaban J connectivity index is 2.04. The molecular formula is C16H21NO. The van der Waals surface area contributed by atoms with Crippen LogP contribution in [-0.2, 0) is 0 Å². The van der Waals surface area contributed by atoms with E-state index in [0.29, 0.717) is 0 Å². The minimum absolute atomic E-state index is 0.0991. The number of ketones is 1. The summed E-state index contributed by atoms with van der Waals surface area (Å²) in [6, 6.07) is 8.01. The van der Waals surface area contributed by atoms with Crippen LogP contribution in [0.25, 0.3) is 0 Å². The Bertz CT molecular complexity index is 413. The first-order valence-corrected chi connectivity index (χ1v) is 6.87. The van der Waals surface area contributed by atoms with E-state index in [4.69, 9.17) is 0 Å². The molecule has 0 radical (unpaired) electrons. The van der Waals surface area contributed by atoms with Gasteiger partial charge in [0.1, 0.15) is 0 Å². The summed E-state index contributed by atoms with van der Waals surface area (Å²) in [5, 5.41) is 0. The van der Waals surface area contributed by atoms with Crippen molar-refractivity contribution in [3.8, 4) is 0 Å². The van der Waals surface area contributed by atoms with E-state index >= 15 is 0 Å². The summed E-state index contributed by atoms with van der Waals surface area (Å²) in [6.07, 6.45) is 8.36. The van der Waals surface area contributed by atoms with E-state index in [2.05, 4.69) is 17.0 Å². The molecule has 0 saturated carbocycles. The molecule has 2 nitrogen and oxygen atoms in total. The Kier molecular flexibility index (Phi) is 4.57. The van der Waals surface area contributed by atoms with Crippen LogP contribution in [0.1, 0.15) is 43.0 Å². The minimum atomic E-state index is 0.0991. The molecule has 0 bridgehead atoms. The molecule has 0 N–H and O–H groups in total. The van der Waals surface area contributed by atoms with Gasteiger partial charge in [-0.25, -0.2) is 0 Å². The topological polar surface area (TPSA) is 20.3 Å². The van der Waals surface area contributed by atoms with Crippen LogP contribution in [0, 0.1) is 0 Å². The Hall–Kier alpha value is -1.57. The zero-order chi connectivity index (χ0) is 12.8. The van der Waals surface area contributed by atoms with Crippen molar-refractivity contribution in [1.82, 2.24) is 0 Å². The molecule has 1 aromatic carbocycles. The van der Waals surface area contributed by atoms with Gasteiger partial charge in [-0.3, -0.25) is 4.79 Å². The molecule has 0 spiro atoms. The fourth-order valence-corrected chi connectivity index (χ4v) is 2.31. The van der Waals surface area contributed by atoms with Crippen molar-refractivity contribution >= 4 is 11.5 Å².